The van der Waals surface area contributed by atoms with E-state index in [1.807, 2.05) is 6.20 Å². The molecule has 4 aromatic rings. The van der Waals surface area contributed by atoms with Gasteiger partial charge in [-0.05, 0) is 74.1 Å². The van der Waals surface area contributed by atoms with Gasteiger partial charge in [0.15, 0.2) is 0 Å². The summed E-state index contributed by atoms with van der Waals surface area (Å²) in [5.41, 5.74) is 11.3. The van der Waals surface area contributed by atoms with Crippen LogP contribution in [-0.4, -0.2) is 9.55 Å². The van der Waals surface area contributed by atoms with Crippen molar-refractivity contribution in [3.8, 4) is 28.2 Å². The van der Waals surface area contributed by atoms with Crippen LogP contribution in [0.2, 0.25) is 0 Å². The molecule has 0 N–H and O–H groups in total. The number of benzene rings is 3. The van der Waals surface area contributed by atoms with Crippen molar-refractivity contribution in [3.63, 3.8) is 0 Å². The van der Waals surface area contributed by atoms with E-state index in [4.69, 9.17) is 4.98 Å². The van der Waals surface area contributed by atoms with Crippen LogP contribution in [0.5, 0.6) is 0 Å². The van der Waals surface area contributed by atoms with Gasteiger partial charge in [-0.15, -0.1) is 0 Å². The van der Waals surface area contributed by atoms with E-state index in [1.165, 1.54) is 44.6 Å². The largest absolute Gasteiger partial charge is 0.299 e. The van der Waals surface area contributed by atoms with Crippen molar-refractivity contribution >= 4 is 0 Å². The monoisotopic (exact) mass is 366 g/mol. The Balaban J connectivity index is 1.87. The lowest BCUT2D eigenvalue weighted by Gasteiger charge is -2.16. The van der Waals surface area contributed by atoms with Gasteiger partial charge < -0.3 is 0 Å². The first-order chi connectivity index (χ1) is 13.5. The zero-order valence-corrected chi connectivity index (χ0v) is 17.2. The molecule has 1 heterocycles. The highest BCUT2D eigenvalue weighted by Gasteiger charge is 2.14. The number of hydrogen-bond donors (Lipinski definition) is 0. The smallest absolute Gasteiger partial charge is 0.144 e. The molecular formula is C26H26N2. The van der Waals surface area contributed by atoms with Crippen molar-refractivity contribution in [1.29, 1.82) is 0 Å². The molecule has 0 bridgehead atoms. The normalized spacial score (nSPS) is 11.0. The van der Waals surface area contributed by atoms with Crippen LogP contribution in [0.1, 0.15) is 27.8 Å². The highest BCUT2D eigenvalue weighted by atomic mass is 15.1. The molecule has 0 aliphatic rings. The minimum atomic E-state index is 0.975. The minimum Gasteiger partial charge on any atom is -0.299 e. The summed E-state index contributed by atoms with van der Waals surface area (Å²) in [4.78, 5) is 4.71. The van der Waals surface area contributed by atoms with E-state index >= 15 is 0 Å². The molecule has 0 unspecified atom stereocenters. The molecule has 4 rings (SSSR count). The van der Waals surface area contributed by atoms with E-state index in [0.29, 0.717) is 0 Å². The summed E-state index contributed by atoms with van der Waals surface area (Å²) in [5.74, 6) is 0.975. The number of aryl methyl sites for hydroxylation is 5. The highest BCUT2D eigenvalue weighted by molar-refractivity contribution is 5.75. The van der Waals surface area contributed by atoms with Gasteiger partial charge in [0.1, 0.15) is 5.82 Å². The molecule has 2 nitrogen and oxygen atoms in total. The SMILES string of the molecule is Cc1cc(C)c(-n2ccnc2-c2cccc(-c3c(C)cccc3C)c2)c(C)c1. The Hall–Kier alpha value is -3.13. The maximum Gasteiger partial charge on any atom is 0.144 e. The minimum absolute atomic E-state index is 0.975. The molecule has 0 fully saturated rings. The van der Waals surface area contributed by atoms with E-state index in [0.717, 1.165) is 11.4 Å². The summed E-state index contributed by atoms with van der Waals surface area (Å²) in [6, 6.07) is 19.7. The molecule has 0 atom stereocenters. The van der Waals surface area contributed by atoms with Crippen molar-refractivity contribution in [2.45, 2.75) is 34.6 Å². The lowest BCUT2D eigenvalue weighted by Crippen LogP contribution is -2.02. The summed E-state index contributed by atoms with van der Waals surface area (Å²) in [5, 5.41) is 0. The molecule has 0 amide bonds. The highest BCUT2D eigenvalue weighted by Crippen LogP contribution is 2.32. The van der Waals surface area contributed by atoms with Crippen LogP contribution in [-0.2, 0) is 0 Å². The molecule has 0 saturated heterocycles. The molecule has 140 valence electrons. The summed E-state index contributed by atoms with van der Waals surface area (Å²) in [6.45, 7) is 10.8. The lowest BCUT2D eigenvalue weighted by atomic mass is 9.94. The number of rotatable bonds is 3. The maximum absolute atomic E-state index is 4.71. The first kappa shape index (κ1) is 18.2. The van der Waals surface area contributed by atoms with Gasteiger partial charge in [0, 0.05) is 18.0 Å². The second kappa shape index (κ2) is 7.12. The number of imidazole rings is 1. The Kier molecular flexibility index (Phi) is 4.64. The molecule has 0 radical (unpaired) electrons. The molecule has 0 saturated carbocycles. The van der Waals surface area contributed by atoms with Gasteiger partial charge in [-0.3, -0.25) is 4.57 Å². The quantitative estimate of drug-likeness (QED) is 0.392. The zero-order chi connectivity index (χ0) is 19.8. The molecule has 1 aromatic heterocycles. The first-order valence-corrected chi connectivity index (χ1v) is 9.74. The van der Waals surface area contributed by atoms with Crippen molar-refractivity contribution in [3.05, 3.63) is 94.8 Å². The van der Waals surface area contributed by atoms with Crippen molar-refractivity contribution in [2.24, 2.45) is 0 Å². The van der Waals surface area contributed by atoms with E-state index in [1.54, 1.807) is 0 Å². The molecule has 28 heavy (non-hydrogen) atoms. The molecule has 0 aliphatic heterocycles. The average molecular weight is 367 g/mol. The number of aromatic nitrogens is 2. The fourth-order valence-corrected chi connectivity index (χ4v) is 4.33. The predicted molar refractivity (Wildman–Crippen MR) is 118 cm³/mol. The van der Waals surface area contributed by atoms with Gasteiger partial charge in [-0.25, -0.2) is 4.98 Å². The van der Waals surface area contributed by atoms with Crippen molar-refractivity contribution in [1.82, 2.24) is 9.55 Å². The summed E-state index contributed by atoms with van der Waals surface area (Å²) >= 11 is 0. The standard InChI is InChI=1S/C26H26N2/c1-17-14-20(4)25(21(5)15-17)28-13-12-27-26(28)23-11-7-10-22(16-23)24-18(2)8-6-9-19(24)3/h6-16H,1-5H3. The van der Waals surface area contributed by atoms with Crippen molar-refractivity contribution < 1.29 is 0 Å². The van der Waals surface area contributed by atoms with Crippen LogP contribution in [0.3, 0.4) is 0 Å². The summed E-state index contributed by atoms with van der Waals surface area (Å²) < 4.78 is 2.22. The van der Waals surface area contributed by atoms with E-state index < -0.39 is 0 Å². The third kappa shape index (κ3) is 3.16. The lowest BCUT2D eigenvalue weighted by molar-refractivity contribution is 1.03. The topological polar surface area (TPSA) is 17.8 Å². The summed E-state index contributed by atoms with van der Waals surface area (Å²) in [7, 11) is 0. The number of nitrogens with zero attached hydrogens (tertiary/aromatic N) is 2. The van der Waals surface area contributed by atoms with Crippen molar-refractivity contribution in [2.75, 3.05) is 0 Å². The maximum atomic E-state index is 4.71. The van der Waals surface area contributed by atoms with Gasteiger partial charge in [0.25, 0.3) is 0 Å². The zero-order valence-electron chi connectivity index (χ0n) is 17.2. The van der Waals surface area contributed by atoms with Crippen LogP contribution >= 0.6 is 0 Å². The molecule has 0 spiro atoms. The van der Waals surface area contributed by atoms with Gasteiger partial charge in [0.05, 0.1) is 5.69 Å². The van der Waals surface area contributed by atoms with Crippen LogP contribution < -0.4 is 0 Å². The third-order valence-electron chi connectivity index (χ3n) is 5.41. The van der Waals surface area contributed by atoms with E-state index in [-0.39, 0.29) is 0 Å². The Labute approximate surface area is 167 Å². The third-order valence-corrected chi connectivity index (χ3v) is 5.41. The summed E-state index contributed by atoms with van der Waals surface area (Å²) in [6.07, 6.45) is 3.95. The fourth-order valence-electron chi connectivity index (χ4n) is 4.33. The Bertz CT molecular complexity index is 1120. The van der Waals surface area contributed by atoms with Crippen LogP contribution in [0.15, 0.2) is 67.0 Å². The Morgan fingerprint density at radius 2 is 1.29 bits per heavy atom. The van der Waals surface area contributed by atoms with E-state index in [2.05, 4.69) is 100.0 Å². The van der Waals surface area contributed by atoms with Crippen LogP contribution in [0, 0.1) is 34.6 Å². The van der Waals surface area contributed by atoms with Gasteiger partial charge in [-0.1, -0.05) is 54.1 Å². The van der Waals surface area contributed by atoms with Gasteiger partial charge >= 0.3 is 0 Å². The average Bonchev–Trinajstić information content (AvgIpc) is 3.10. The van der Waals surface area contributed by atoms with Crippen LogP contribution in [0.4, 0.5) is 0 Å². The van der Waals surface area contributed by atoms with Gasteiger partial charge in [0.2, 0.25) is 0 Å². The Morgan fingerprint density at radius 1 is 0.679 bits per heavy atom. The predicted octanol–water partition coefficient (Wildman–Crippen LogP) is 6.75. The second-order valence-corrected chi connectivity index (χ2v) is 7.72. The van der Waals surface area contributed by atoms with E-state index in [9.17, 15) is 0 Å². The Morgan fingerprint density at radius 3 is 1.96 bits per heavy atom. The molecule has 0 aliphatic carbocycles. The molecule has 2 heteroatoms. The molecule has 3 aromatic carbocycles. The molecular weight excluding hydrogens is 340 g/mol. The first-order valence-electron chi connectivity index (χ1n) is 9.74. The number of hydrogen-bond acceptors (Lipinski definition) is 1. The fraction of sp³-hybridized carbons (Fsp3) is 0.192. The van der Waals surface area contributed by atoms with Crippen LogP contribution in [0.25, 0.3) is 28.2 Å². The second-order valence-electron chi connectivity index (χ2n) is 7.72. The van der Waals surface area contributed by atoms with Gasteiger partial charge in [-0.2, -0.15) is 0 Å².